The fraction of sp³-hybridized carbons (Fsp3) is 0.500. The molecule has 6 aromatic rings. The van der Waals surface area contributed by atoms with Crippen LogP contribution in [0.3, 0.4) is 0 Å². The third kappa shape index (κ3) is 14.5. The van der Waals surface area contributed by atoms with Gasteiger partial charge >= 0.3 is 5.69 Å². The highest BCUT2D eigenvalue weighted by Crippen LogP contribution is 2.45. The highest BCUT2D eigenvalue weighted by atomic mass is 35.5. The van der Waals surface area contributed by atoms with Crippen LogP contribution in [0, 0.1) is 17.3 Å². The molecule has 0 spiro atoms. The first kappa shape index (κ1) is 57.8. The summed E-state index contributed by atoms with van der Waals surface area (Å²) >= 11 is 9.00. The van der Waals surface area contributed by atoms with E-state index in [1.54, 1.807) is 21.9 Å². The van der Waals surface area contributed by atoms with Gasteiger partial charge in [-0.2, -0.15) is 5.10 Å². The molecule has 4 aromatic carbocycles. The number of piperazine rings is 1. The molecule has 0 amide bonds. The summed E-state index contributed by atoms with van der Waals surface area (Å²) in [5.74, 6) is 1.36. The average Bonchev–Trinajstić information content (AvgIpc) is 4.20. The number of rotatable bonds is 21. The lowest BCUT2D eigenvalue weighted by Crippen LogP contribution is -2.46. The molecule has 2 aromatic heterocycles. The number of hydrogen-bond donors (Lipinski definition) is 0. The van der Waals surface area contributed by atoms with Crippen molar-refractivity contribution in [1.82, 2.24) is 29.1 Å². The number of ether oxygens (including phenoxy) is 3. The number of hydrogen-bond acceptors (Lipinski definition) is 13. The van der Waals surface area contributed by atoms with Crippen molar-refractivity contribution in [3.8, 4) is 11.4 Å². The predicted molar refractivity (Wildman–Crippen MR) is 310 cm³/mol. The first-order valence-corrected chi connectivity index (χ1v) is 29.8. The molecule has 4 heterocycles. The fourth-order valence-corrected chi connectivity index (χ4v) is 12.5. The molecular formula is C60H77ClN8O6S2. The lowest BCUT2D eigenvalue weighted by Gasteiger charge is -2.38. The molecule has 14 nitrogen and oxygen atoms in total. The summed E-state index contributed by atoms with van der Waals surface area (Å²) in [7, 11) is 1.91. The summed E-state index contributed by atoms with van der Waals surface area (Å²) < 4.78 is 24.1. The van der Waals surface area contributed by atoms with Crippen LogP contribution < -0.4 is 20.2 Å². The van der Waals surface area contributed by atoms with Crippen molar-refractivity contribution in [3.63, 3.8) is 0 Å². The Morgan fingerprint density at radius 3 is 2.05 bits per heavy atom. The second-order valence-corrected chi connectivity index (χ2v) is 23.5. The van der Waals surface area contributed by atoms with Crippen molar-refractivity contribution in [2.75, 3.05) is 54.9 Å². The molecule has 0 bridgehead atoms. The van der Waals surface area contributed by atoms with E-state index in [-0.39, 0.29) is 34.3 Å². The number of Topliss-reactive ketones (excluding diaryl/α,β-unsaturated/α-hetero) is 1. The molecule has 77 heavy (non-hydrogen) atoms. The fourth-order valence-electron chi connectivity index (χ4n) is 10.5. The van der Waals surface area contributed by atoms with Crippen molar-refractivity contribution in [2.24, 2.45) is 24.3 Å². The zero-order chi connectivity index (χ0) is 54.5. The van der Waals surface area contributed by atoms with E-state index < -0.39 is 5.79 Å². The lowest BCUT2D eigenvalue weighted by molar-refractivity contribution is -0.160. The summed E-state index contributed by atoms with van der Waals surface area (Å²) in [5, 5.41) is 14.1. The van der Waals surface area contributed by atoms with Crippen LogP contribution in [0.4, 0.5) is 11.4 Å². The maximum Gasteiger partial charge on any atom is 0.350 e. The molecule has 9 rings (SSSR count). The van der Waals surface area contributed by atoms with Gasteiger partial charge in [-0.05, 0) is 111 Å². The summed E-state index contributed by atoms with van der Waals surface area (Å²) in [6.45, 7) is 16.7. The van der Waals surface area contributed by atoms with E-state index in [0.717, 1.165) is 109 Å². The van der Waals surface area contributed by atoms with E-state index in [1.807, 2.05) is 105 Å². The number of nitrogens with zero attached hydrogens (tertiary/aromatic N) is 8. The van der Waals surface area contributed by atoms with Crippen LogP contribution in [0.1, 0.15) is 116 Å². The lowest BCUT2D eigenvalue weighted by atomic mass is 9.65. The highest BCUT2D eigenvalue weighted by molar-refractivity contribution is 8.13. The van der Waals surface area contributed by atoms with Crippen molar-refractivity contribution >= 4 is 57.4 Å². The Labute approximate surface area is 468 Å². The number of thioether (sulfide) groups is 2. The molecule has 3 aliphatic rings. The van der Waals surface area contributed by atoms with E-state index in [9.17, 15) is 14.4 Å². The molecule has 17 heteroatoms. The van der Waals surface area contributed by atoms with E-state index >= 15 is 0 Å². The van der Waals surface area contributed by atoms with E-state index in [2.05, 4.69) is 70.1 Å². The van der Waals surface area contributed by atoms with Gasteiger partial charge in [0.1, 0.15) is 36.9 Å². The molecule has 3 atom stereocenters. The summed E-state index contributed by atoms with van der Waals surface area (Å²) in [4.78, 5) is 44.3. The van der Waals surface area contributed by atoms with Gasteiger partial charge in [-0.1, -0.05) is 132 Å². The van der Waals surface area contributed by atoms with E-state index in [0.29, 0.717) is 42.1 Å². The summed E-state index contributed by atoms with van der Waals surface area (Å²) in [6.07, 6.45) is 13.4. The average molecular weight is 1110 g/mol. The zero-order valence-corrected chi connectivity index (χ0v) is 48.3. The Bertz CT molecular complexity index is 2890. The van der Waals surface area contributed by atoms with Gasteiger partial charge in [-0.3, -0.25) is 9.59 Å². The van der Waals surface area contributed by atoms with Crippen molar-refractivity contribution in [2.45, 2.75) is 134 Å². The summed E-state index contributed by atoms with van der Waals surface area (Å²) in [6, 6.07) is 32.0. The van der Waals surface area contributed by atoms with Crippen molar-refractivity contribution in [1.29, 1.82) is 0 Å². The Balaban J connectivity index is 0.000000246. The van der Waals surface area contributed by atoms with Gasteiger partial charge in [0.2, 0.25) is 5.79 Å². The largest absolute Gasteiger partial charge is 0.491 e. The number of benzene rings is 4. The maximum absolute atomic E-state index is 13.5. The third-order valence-corrected chi connectivity index (χ3v) is 18.3. The molecule has 1 saturated carbocycles. The van der Waals surface area contributed by atoms with Gasteiger partial charge in [0.05, 0.1) is 24.1 Å². The smallest absolute Gasteiger partial charge is 0.350 e. The minimum absolute atomic E-state index is 0.00156. The van der Waals surface area contributed by atoms with Crippen molar-refractivity contribution < 1.29 is 23.8 Å². The first-order valence-electron chi connectivity index (χ1n) is 27.6. The van der Waals surface area contributed by atoms with Gasteiger partial charge in [0.15, 0.2) is 10.3 Å². The van der Waals surface area contributed by atoms with Gasteiger partial charge in [-0.25, -0.2) is 14.0 Å². The molecule has 2 saturated heterocycles. The number of aromatic nitrogens is 6. The van der Waals surface area contributed by atoms with Gasteiger partial charge in [-0.15, -0.1) is 10.2 Å². The quantitative estimate of drug-likeness (QED) is 0.0633. The predicted octanol–water partition coefficient (Wildman–Crippen LogP) is 12.4. The molecule has 1 aliphatic carbocycles. The van der Waals surface area contributed by atoms with Crippen LogP contribution in [-0.2, 0) is 38.3 Å². The van der Waals surface area contributed by atoms with Crippen molar-refractivity contribution in [3.05, 3.63) is 136 Å². The normalized spacial score (nSPS) is 18.8. The van der Waals surface area contributed by atoms with Crippen LogP contribution in [0.15, 0.2) is 125 Å². The highest BCUT2D eigenvalue weighted by Gasteiger charge is 2.44. The van der Waals surface area contributed by atoms with E-state index in [1.165, 1.54) is 42.8 Å². The third-order valence-electron chi connectivity index (χ3n) is 15.6. The van der Waals surface area contributed by atoms with Gasteiger partial charge in [0, 0.05) is 77.8 Å². The van der Waals surface area contributed by atoms with Gasteiger partial charge in [0.25, 0.3) is 0 Å². The Morgan fingerprint density at radius 2 is 1.44 bits per heavy atom. The van der Waals surface area contributed by atoms with Gasteiger partial charge < -0.3 is 28.6 Å². The standard InChI is InChI=1S/C36H41ClN8O4S.C24H36O2S/c1-4-26(2)45-35(46)44(25-39-45)31-11-9-29(10-12-31)42-17-19-43(20-18-42)30-13-15-32(16-14-30)47-21-33-22-48-36(49-33,27-5-7-28(37)8-6-27)23-50-34-40-38-24-41(34)3;1-5-19(6-2)17-24(14-10-7-11-15-24)22(25)16-20-12-8-9-13-21(20)27-23(26)18(3)4/h5-16,24-26,33H,4,17-23H2,1-3H3;8-9,12-13,18-19H,5-7,10-11,14-17H2,1-4H3/t26-,33-,36-;/m1./s1. The van der Waals surface area contributed by atoms with Crippen LogP contribution in [0.2, 0.25) is 5.02 Å². The molecule has 412 valence electrons. The molecular weight excluding hydrogens is 1030 g/mol. The maximum atomic E-state index is 13.5. The number of anilines is 2. The number of halogens is 1. The van der Waals surface area contributed by atoms with E-state index in [4.69, 9.17) is 25.8 Å². The van der Waals surface area contributed by atoms with Crippen LogP contribution >= 0.6 is 35.1 Å². The minimum atomic E-state index is -0.958. The molecule has 0 unspecified atom stereocenters. The molecule has 0 N–H and O–H groups in total. The second-order valence-electron chi connectivity index (χ2n) is 21.1. The van der Waals surface area contributed by atoms with Crippen LogP contribution in [-0.4, -0.2) is 91.3 Å². The Morgan fingerprint density at radius 1 is 0.805 bits per heavy atom. The SMILES string of the molecule is CCC(CC)CC1(C(=O)Cc2ccccc2SC(=O)C(C)C)CCCCC1.CC[C@@H](C)n1ncn(-c2ccc(N3CCN(c4ccc(OC[C@@H]5CO[C@@](CSc6nncn6C)(c6ccc(Cl)cc6)O5)cc4)CC3)cc2)c1=O. The van der Waals surface area contributed by atoms with Crippen LogP contribution in [0.5, 0.6) is 5.75 Å². The Kier molecular flexibility index (Phi) is 20.2. The number of carbonyl (C=O) groups is 2. The monoisotopic (exact) mass is 1100 g/mol. The molecule has 0 radical (unpaired) electrons. The summed E-state index contributed by atoms with van der Waals surface area (Å²) in [5.41, 5.74) is 4.78. The van der Waals surface area contributed by atoms with Crippen LogP contribution in [0.25, 0.3) is 5.69 Å². The number of ketones is 1. The number of carbonyl (C=O) groups excluding carboxylic acids is 2. The minimum Gasteiger partial charge on any atom is -0.491 e. The molecule has 3 fully saturated rings. The zero-order valence-electron chi connectivity index (χ0n) is 45.9. The first-order chi connectivity index (χ1) is 37.2. The Hall–Kier alpha value is -5.39. The number of aryl methyl sites for hydroxylation is 1. The second kappa shape index (κ2) is 27.0. The topological polar surface area (TPSA) is 139 Å². The molecule has 2 aliphatic heterocycles.